The van der Waals surface area contributed by atoms with Crippen LogP contribution >= 0.6 is 12.4 Å². The average molecular weight is 234 g/mol. The summed E-state index contributed by atoms with van der Waals surface area (Å²) in [6, 6.07) is -0.900. The highest BCUT2D eigenvalue weighted by Gasteiger charge is 2.15. The Morgan fingerprint density at radius 2 is 2.20 bits per heavy atom. The van der Waals surface area contributed by atoms with Crippen LogP contribution in [-0.4, -0.2) is 32.8 Å². The van der Waals surface area contributed by atoms with Gasteiger partial charge in [-0.25, -0.2) is 0 Å². The molecule has 2 N–H and O–H groups in total. The number of hydrogen-bond acceptors (Lipinski definition) is 3. The molecule has 0 spiro atoms. The molecule has 0 saturated heterocycles. The first kappa shape index (κ1) is 13.4. The third kappa shape index (κ3) is 3.59. The number of aryl methyl sites for hydroxylation is 1. The molecule has 0 aliphatic heterocycles. The molecule has 1 heterocycles. The quantitative estimate of drug-likeness (QED) is 0.772. The van der Waals surface area contributed by atoms with E-state index in [0.29, 0.717) is 5.56 Å². The minimum Gasteiger partial charge on any atom is -0.480 e. The van der Waals surface area contributed by atoms with Gasteiger partial charge in [0, 0.05) is 13.2 Å². The van der Waals surface area contributed by atoms with Gasteiger partial charge in [-0.1, -0.05) is 0 Å². The number of carboxylic acids is 1. The monoisotopic (exact) mass is 233 g/mol. The van der Waals surface area contributed by atoms with Gasteiger partial charge in [-0.2, -0.15) is 5.10 Å². The summed E-state index contributed by atoms with van der Waals surface area (Å²) in [5, 5.41) is 14.7. The van der Waals surface area contributed by atoms with Crippen molar-refractivity contribution in [3.8, 4) is 0 Å². The van der Waals surface area contributed by atoms with Gasteiger partial charge in [-0.05, 0) is 6.92 Å². The molecule has 0 aliphatic carbocycles. The molecule has 0 aliphatic rings. The molecule has 0 bridgehead atoms. The summed E-state index contributed by atoms with van der Waals surface area (Å²) in [5.41, 5.74) is 0.348. The van der Waals surface area contributed by atoms with E-state index in [9.17, 15) is 9.59 Å². The molecule has 0 fully saturated rings. The predicted octanol–water partition coefficient (Wildman–Crippen LogP) is 0.0448. The third-order valence-corrected chi connectivity index (χ3v) is 1.69. The van der Waals surface area contributed by atoms with Crippen LogP contribution in [0.1, 0.15) is 17.3 Å². The third-order valence-electron chi connectivity index (χ3n) is 1.69. The first-order valence-electron chi connectivity index (χ1n) is 4.03. The molecule has 0 aromatic carbocycles. The molecule has 1 unspecified atom stereocenters. The Balaban J connectivity index is 0.00000196. The summed E-state index contributed by atoms with van der Waals surface area (Å²) >= 11 is 0. The average Bonchev–Trinajstić information content (AvgIpc) is 2.51. The van der Waals surface area contributed by atoms with Gasteiger partial charge in [0.2, 0.25) is 0 Å². The molecule has 1 aromatic heterocycles. The number of carbonyl (C=O) groups excluding carboxylic acids is 1. The van der Waals surface area contributed by atoms with Gasteiger partial charge in [-0.3, -0.25) is 14.3 Å². The fourth-order valence-electron chi connectivity index (χ4n) is 0.880. The lowest BCUT2D eigenvalue weighted by Gasteiger charge is -2.06. The van der Waals surface area contributed by atoms with Gasteiger partial charge in [0.1, 0.15) is 6.04 Å². The normalized spacial score (nSPS) is 11.3. The van der Waals surface area contributed by atoms with Gasteiger partial charge >= 0.3 is 5.97 Å². The van der Waals surface area contributed by atoms with Crippen LogP contribution in [0, 0.1) is 0 Å². The van der Waals surface area contributed by atoms with E-state index in [-0.39, 0.29) is 12.4 Å². The van der Waals surface area contributed by atoms with Crippen LogP contribution in [0.4, 0.5) is 0 Å². The van der Waals surface area contributed by atoms with E-state index in [0.717, 1.165) is 0 Å². The Labute approximate surface area is 92.7 Å². The molecule has 15 heavy (non-hydrogen) atoms. The lowest BCUT2D eigenvalue weighted by Crippen LogP contribution is -2.38. The lowest BCUT2D eigenvalue weighted by molar-refractivity contribution is -0.138. The van der Waals surface area contributed by atoms with Gasteiger partial charge in [0.15, 0.2) is 0 Å². The minimum atomic E-state index is -1.07. The van der Waals surface area contributed by atoms with Crippen LogP contribution in [-0.2, 0) is 11.8 Å². The number of hydrogen-bond donors (Lipinski definition) is 2. The first-order valence-corrected chi connectivity index (χ1v) is 4.03. The van der Waals surface area contributed by atoms with E-state index < -0.39 is 17.9 Å². The van der Waals surface area contributed by atoms with Crippen molar-refractivity contribution in [1.29, 1.82) is 0 Å². The van der Waals surface area contributed by atoms with Crippen molar-refractivity contribution in [3.63, 3.8) is 0 Å². The van der Waals surface area contributed by atoms with E-state index in [1.807, 2.05) is 0 Å². The Morgan fingerprint density at radius 1 is 1.60 bits per heavy atom. The number of aromatic nitrogens is 2. The number of halogens is 1. The van der Waals surface area contributed by atoms with Gasteiger partial charge < -0.3 is 10.4 Å². The summed E-state index contributed by atoms with van der Waals surface area (Å²) in [6.07, 6.45) is 2.90. The van der Waals surface area contributed by atoms with Crippen molar-refractivity contribution in [2.45, 2.75) is 13.0 Å². The number of rotatable bonds is 3. The van der Waals surface area contributed by atoms with E-state index in [1.54, 1.807) is 7.05 Å². The minimum absolute atomic E-state index is 0. The zero-order valence-electron chi connectivity index (χ0n) is 8.30. The summed E-state index contributed by atoms with van der Waals surface area (Å²) < 4.78 is 1.47. The fraction of sp³-hybridized carbons (Fsp3) is 0.375. The van der Waals surface area contributed by atoms with Crippen LogP contribution in [0.2, 0.25) is 0 Å². The Hall–Kier alpha value is -1.56. The van der Waals surface area contributed by atoms with E-state index in [2.05, 4.69) is 10.4 Å². The molecular formula is C8H12ClN3O3. The molecule has 1 atom stereocenters. The highest BCUT2D eigenvalue weighted by Crippen LogP contribution is 1.96. The molecule has 1 aromatic rings. The molecule has 0 radical (unpaired) electrons. The van der Waals surface area contributed by atoms with Crippen molar-refractivity contribution >= 4 is 24.3 Å². The number of nitrogens with zero attached hydrogens (tertiary/aromatic N) is 2. The molecule has 1 amide bonds. The Morgan fingerprint density at radius 3 is 2.60 bits per heavy atom. The Bertz CT molecular complexity index is 364. The van der Waals surface area contributed by atoms with Crippen LogP contribution in [0.5, 0.6) is 0 Å². The second-order valence-electron chi connectivity index (χ2n) is 2.94. The van der Waals surface area contributed by atoms with E-state index in [1.165, 1.54) is 24.0 Å². The topological polar surface area (TPSA) is 84.2 Å². The summed E-state index contributed by atoms with van der Waals surface area (Å²) in [5.74, 6) is -1.50. The highest BCUT2D eigenvalue weighted by atomic mass is 35.5. The van der Waals surface area contributed by atoms with Crippen molar-refractivity contribution in [2.24, 2.45) is 7.05 Å². The second kappa shape index (κ2) is 5.35. The van der Waals surface area contributed by atoms with Crippen LogP contribution in [0.25, 0.3) is 0 Å². The van der Waals surface area contributed by atoms with Crippen molar-refractivity contribution in [2.75, 3.05) is 0 Å². The van der Waals surface area contributed by atoms with Crippen LogP contribution in [0.3, 0.4) is 0 Å². The SMILES string of the molecule is CC(NC(=O)c1cnn(C)c1)C(=O)O.Cl. The number of aliphatic carboxylic acids is 1. The van der Waals surface area contributed by atoms with Gasteiger partial charge in [-0.15, -0.1) is 12.4 Å². The predicted molar refractivity (Wildman–Crippen MR) is 55.0 cm³/mol. The largest absolute Gasteiger partial charge is 0.480 e. The highest BCUT2D eigenvalue weighted by molar-refractivity contribution is 5.96. The standard InChI is InChI=1S/C8H11N3O3.ClH/c1-5(8(13)14)10-7(12)6-3-9-11(2)4-6;/h3-5H,1-2H3,(H,10,12)(H,13,14);1H. The van der Waals surface area contributed by atoms with Crippen molar-refractivity contribution in [3.05, 3.63) is 18.0 Å². The maximum absolute atomic E-state index is 11.3. The number of amides is 1. The van der Waals surface area contributed by atoms with E-state index >= 15 is 0 Å². The molecule has 84 valence electrons. The molecular weight excluding hydrogens is 222 g/mol. The molecule has 6 nitrogen and oxygen atoms in total. The van der Waals surface area contributed by atoms with Crippen LogP contribution in [0.15, 0.2) is 12.4 Å². The molecule has 7 heteroatoms. The maximum atomic E-state index is 11.3. The van der Waals surface area contributed by atoms with Crippen molar-refractivity contribution < 1.29 is 14.7 Å². The van der Waals surface area contributed by atoms with Crippen molar-refractivity contribution in [1.82, 2.24) is 15.1 Å². The number of nitrogens with one attached hydrogen (secondary N) is 1. The van der Waals surface area contributed by atoms with Crippen LogP contribution < -0.4 is 5.32 Å². The first-order chi connectivity index (χ1) is 6.50. The lowest BCUT2D eigenvalue weighted by atomic mass is 10.3. The summed E-state index contributed by atoms with van der Waals surface area (Å²) in [7, 11) is 1.68. The van der Waals surface area contributed by atoms with E-state index in [4.69, 9.17) is 5.11 Å². The zero-order chi connectivity index (χ0) is 10.7. The summed E-state index contributed by atoms with van der Waals surface area (Å²) in [6.45, 7) is 1.40. The number of carboxylic acid groups (broad SMARTS) is 1. The smallest absolute Gasteiger partial charge is 0.325 e. The van der Waals surface area contributed by atoms with Gasteiger partial charge in [0.25, 0.3) is 5.91 Å². The number of carbonyl (C=O) groups is 2. The van der Waals surface area contributed by atoms with Gasteiger partial charge in [0.05, 0.1) is 11.8 Å². The maximum Gasteiger partial charge on any atom is 0.325 e. The molecule has 0 saturated carbocycles. The summed E-state index contributed by atoms with van der Waals surface area (Å²) in [4.78, 5) is 21.8. The zero-order valence-corrected chi connectivity index (χ0v) is 9.11. The Kier molecular flexibility index (Phi) is 4.80. The molecule has 1 rings (SSSR count). The second-order valence-corrected chi connectivity index (χ2v) is 2.94. The fourth-order valence-corrected chi connectivity index (χ4v) is 0.880.